The number of rotatable bonds is 5. The Morgan fingerprint density at radius 1 is 1.13 bits per heavy atom. The Labute approximate surface area is 142 Å². The van der Waals surface area contributed by atoms with Crippen LogP contribution in [0.1, 0.15) is 34.8 Å². The fourth-order valence-corrected chi connectivity index (χ4v) is 2.57. The van der Waals surface area contributed by atoms with Crippen LogP contribution in [0, 0.1) is 5.92 Å². The zero-order valence-corrected chi connectivity index (χ0v) is 13.8. The molecule has 0 bridgehead atoms. The average Bonchev–Trinajstić information content (AvgIpc) is 3.38. The Morgan fingerprint density at radius 2 is 1.74 bits per heavy atom. The van der Waals surface area contributed by atoms with Gasteiger partial charge in [-0.15, -0.1) is 12.4 Å². The molecule has 4 nitrogen and oxygen atoms in total. The van der Waals surface area contributed by atoms with Crippen LogP contribution in [0.4, 0.5) is 5.69 Å². The van der Waals surface area contributed by atoms with Gasteiger partial charge in [-0.25, -0.2) is 0 Å². The minimum Gasteiger partial charge on any atom is -0.497 e. The smallest absolute Gasteiger partial charge is 0.251 e. The zero-order valence-electron chi connectivity index (χ0n) is 13.0. The number of amides is 1. The third-order valence-electron chi connectivity index (χ3n) is 4.03. The van der Waals surface area contributed by atoms with Gasteiger partial charge in [0.2, 0.25) is 0 Å². The van der Waals surface area contributed by atoms with Crippen molar-refractivity contribution in [3.05, 3.63) is 59.7 Å². The minimum absolute atomic E-state index is 0. The molecule has 1 unspecified atom stereocenters. The molecule has 1 fully saturated rings. The highest BCUT2D eigenvalue weighted by Crippen LogP contribution is 2.41. The van der Waals surface area contributed by atoms with E-state index in [9.17, 15) is 4.79 Å². The van der Waals surface area contributed by atoms with Crippen LogP contribution in [-0.2, 0) is 0 Å². The normalized spacial score (nSPS) is 14.5. The molecule has 23 heavy (non-hydrogen) atoms. The van der Waals surface area contributed by atoms with E-state index < -0.39 is 0 Å². The van der Waals surface area contributed by atoms with Crippen LogP contribution >= 0.6 is 12.4 Å². The number of hydrogen-bond donors (Lipinski definition) is 2. The van der Waals surface area contributed by atoms with E-state index in [0.717, 1.165) is 24.2 Å². The van der Waals surface area contributed by atoms with Gasteiger partial charge in [-0.05, 0) is 60.7 Å². The Morgan fingerprint density at radius 3 is 2.26 bits per heavy atom. The van der Waals surface area contributed by atoms with Crippen LogP contribution in [0.15, 0.2) is 48.5 Å². The van der Waals surface area contributed by atoms with Gasteiger partial charge in [-0.3, -0.25) is 4.79 Å². The summed E-state index contributed by atoms with van der Waals surface area (Å²) in [6, 6.07) is 14.9. The first-order valence-electron chi connectivity index (χ1n) is 7.48. The number of nitrogens with one attached hydrogen (secondary N) is 1. The lowest BCUT2D eigenvalue weighted by Crippen LogP contribution is -2.29. The van der Waals surface area contributed by atoms with E-state index in [-0.39, 0.29) is 24.4 Å². The van der Waals surface area contributed by atoms with Crippen molar-refractivity contribution in [2.75, 3.05) is 12.8 Å². The number of anilines is 1. The van der Waals surface area contributed by atoms with E-state index in [1.165, 1.54) is 0 Å². The molecular weight excluding hydrogens is 312 g/mol. The first-order valence-corrected chi connectivity index (χ1v) is 7.48. The van der Waals surface area contributed by atoms with E-state index in [1.807, 2.05) is 24.3 Å². The van der Waals surface area contributed by atoms with Crippen molar-refractivity contribution in [3.63, 3.8) is 0 Å². The highest BCUT2D eigenvalue weighted by atomic mass is 35.5. The van der Waals surface area contributed by atoms with Gasteiger partial charge < -0.3 is 15.8 Å². The highest BCUT2D eigenvalue weighted by Gasteiger charge is 2.33. The standard InChI is InChI=1S/C18H20N2O2.ClH/c1-22-16-10-6-13(7-11-16)17(12-2-3-12)20-18(21)14-4-8-15(19)9-5-14;/h4-12,17H,2-3,19H2,1H3,(H,20,21);1H. The summed E-state index contributed by atoms with van der Waals surface area (Å²) in [5, 5.41) is 3.15. The molecule has 122 valence electrons. The lowest BCUT2D eigenvalue weighted by molar-refractivity contribution is 0.0931. The summed E-state index contributed by atoms with van der Waals surface area (Å²) in [5.74, 6) is 1.28. The number of nitrogens with two attached hydrogens (primary N) is 1. The molecule has 1 aliphatic rings. The molecule has 5 heteroatoms. The summed E-state index contributed by atoms with van der Waals surface area (Å²) in [4.78, 5) is 12.4. The monoisotopic (exact) mass is 332 g/mol. The predicted octanol–water partition coefficient (Wildman–Crippen LogP) is 3.58. The van der Waals surface area contributed by atoms with Crippen LogP contribution in [0.2, 0.25) is 0 Å². The molecular formula is C18H21ClN2O2. The fourth-order valence-electron chi connectivity index (χ4n) is 2.57. The molecule has 3 N–H and O–H groups in total. The number of benzene rings is 2. The first kappa shape index (κ1) is 17.2. The second-order valence-corrected chi connectivity index (χ2v) is 5.68. The summed E-state index contributed by atoms with van der Waals surface area (Å²) in [7, 11) is 1.65. The molecule has 1 amide bonds. The van der Waals surface area contributed by atoms with Crippen LogP contribution in [-0.4, -0.2) is 13.0 Å². The molecule has 0 saturated heterocycles. The minimum atomic E-state index is -0.0623. The van der Waals surface area contributed by atoms with Crippen LogP contribution in [0.5, 0.6) is 5.75 Å². The van der Waals surface area contributed by atoms with E-state index in [1.54, 1.807) is 31.4 Å². The highest BCUT2D eigenvalue weighted by molar-refractivity contribution is 5.94. The molecule has 3 rings (SSSR count). The quantitative estimate of drug-likeness (QED) is 0.822. The number of methoxy groups -OCH3 is 1. The number of ether oxygens (including phenoxy) is 1. The van der Waals surface area contributed by atoms with E-state index in [0.29, 0.717) is 17.2 Å². The molecule has 0 aliphatic heterocycles. The van der Waals surface area contributed by atoms with Gasteiger partial charge in [0, 0.05) is 11.3 Å². The van der Waals surface area contributed by atoms with E-state index in [2.05, 4.69) is 5.32 Å². The van der Waals surface area contributed by atoms with Gasteiger partial charge in [-0.1, -0.05) is 12.1 Å². The number of halogens is 1. The second-order valence-electron chi connectivity index (χ2n) is 5.68. The van der Waals surface area contributed by atoms with Crippen molar-refractivity contribution in [2.45, 2.75) is 18.9 Å². The van der Waals surface area contributed by atoms with E-state index in [4.69, 9.17) is 10.5 Å². The third-order valence-corrected chi connectivity index (χ3v) is 4.03. The van der Waals surface area contributed by atoms with Crippen molar-refractivity contribution in [2.24, 2.45) is 5.92 Å². The summed E-state index contributed by atoms with van der Waals surface area (Å²) < 4.78 is 5.19. The zero-order chi connectivity index (χ0) is 15.5. The second kappa shape index (κ2) is 7.38. The number of nitrogen functional groups attached to an aromatic ring is 1. The molecule has 1 saturated carbocycles. The largest absolute Gasteiger partial charge is 0.497 e. The van der Waals surface area contributed by atoms with E-state index >= 15 is 0 Å². The van der Waals surface area contributed by atoms with Gasteiger partial charge in [0.25, 0.3) is 5.91 Å². The number of carbonyl (C=O) groups is 1. The Hall–Kier alpha value is -2.20. The van der Waals surface area contributed by atoms with Crippen molar-refractivity contribution in [1.82, 2.24) is 5.32 Å². The summed E-state index contributed by atoms with van der Waals surface area (Å²) in [5.41, 5.74) is 8.07. The number of hydrogen-bond acceptors (Lipinski definition) is 3. The Kier molecular flexibility index (Phi) is 5.50. The topological polar surface area (TPSA) is 64.3 Å². The van der Waals surface area contributed by atoms with Crippen molar-refractivity contribution < 1.29 is 9.53 Å². The molecule has 0 spiro atoms. The molecule has 2 aromatic carbocycles. The first-order chi connectivity index (χ1) is 10.7. The maximum atomic E-state index is 12.4. The SMILES string of the molecule is COc1ccc(C(NC(=O)c2ccc(N)cc2)C2CC2)cc1.Cl. The molecule has 0 radical (unpaired) electrons. The Balaban J connectivity index is 0.00000192. The summed E-state index contributed by atoms with van der Waals surface area (Å²) >= 11 is 0. The lowest BCUT2D eigenvalue weighted by Gasteiger charge is -2.19. The summed E-state index contributed by atoms with van der Waals surface area (Å²) in [6.07, 6.45) is 2.30. The molecule has 1 atom stereocenters. The number of carbonyl (C=O) groups excluding carboxylic acids is 1. The molecule has 0 aromatic heterocycles. The average molecular weight is 333 g/mol. The fraction of sp³-hybridized carbons (Fsp3) is 0.278. The lowest BCUT2D eigenvalue weighted by atomic mass is 10.0. The molecule has 1 aliphatic carbocycles. The van der Waals surface area contributed by atoms with Gasteiger partial charge in [-0.2, -0.15) is 0 Å². The third kappa shape index (κ3) is 4.17. The van der Waals surface area contributed by atoms with Crippen LogP contribution < -0.4 is 15.8 Å². The van der Waals surface area contributed by atoms with Gasteiger partial charge in [0.05, 0.1) is 13.2 Å². The van der Waals surface area contributed by atoms with Crippen LogP contribution in [0.3, 0.4) is 0 Å². The van der Waals surface area contributed by atoms with Gasteiger partial charge in [0.15, 0.2) is 0 Å². The van der Waals surface area contributed by atoms with Crippen molar-refractivity contribution in [1.29, 1.82) is 0 Å². The van der Waals surface area contributed by atoms with Crippen LogP contribution in [0.25, 0.3) is 0 Å². The summed E-state index contributed by atoms with van der Waals surface area (Å²) in [6.45, 7) is 0. The van der Waals surface area contributed by atoms with Crippen molar-refractivity contribution >= 4 is 24.0 Å². The molecule has 0 heterocycles. The maximum Gasteiger partial charge on any atom is 0.251 e. The Bertz CT molecular complexity index is 652. The predicted molar refractivity (Wildman–Crippen MR) is 94.0 cm³/mol. The van der Waals surface area contributed by atoms with Gasteiger partial charge >= 0.3 is 0 Å². The van der Waals surface area contributed by atoms with Crippen molar-refractivity contribution in [3.8, 4) is 5.75 Å². The van der Waals surface area contributed by atoms with Gasteiger partial charge in [0.1, 0.15) is 5.75 Å². The maximum absolute atomic E-state index is 12.4. The molecule has 2 aromatic rings.